The second-order valence-electron chi connectivity index (χ2n) is 7.28. The number of hydrogen-bond donors (Lipinski definition) is 2. The number of aliphatic hydroxyl groups excluding tert-OH is 1. The number of halogens is 4. The van der Waals surface area contributed by atoms with Gasteiger partial charge < -0.3 is 19.7 Å². The number of phenolic OH excluding ortho intramolecular Hbond substituents is 1. The number of benzene rings is 1. The second-order valence-corrected chi connectivity index (χ2v) is 7.28. The number of aliphatic hydroxyl groups is 1. The monoisotopic (exact) mass is 432 g/mol. The first-order chi connectivity index (χ1) is 14.4. The van der Waals surface area contributed by atoms with Gasteiger partial charge in [-0.05, 0) is 12.8 Å². The first-order valence-corrected chi connectivity index (χ1v) is 10.3. The predicted molar refractivity (Wildman–Crippen MR) is 105 cm³/mol. The number of phenols is 1. The summed E-state index contributed by atoms with van der Waals surface area (Å²) in [6, 6.07) is 1.92. The second kappa shape index (κ2) is 12.3. The van der Waals surface area contributed by atoms with E-state index < -0.39 is 35.1 Å². The van der Waals surface area contributed by atoms with Crippen LogP contribution in [0.15, 0.2) is 35.6 Å². The van der Waals surface area contributed by atoms with Crippen LogP contribution in [0.2, 0.25) is 0 Å². The van der Waals surface area contributed by atoms with E-state index >= 15 is 0 Å². The van der Waals surface area contributed by atoms with Crippen LogP contribution in [0.25, 0.3) is 0 Å². The number of allylic oxidation sites excluding steroid dienone is 4. The summed E-state index contributed by atoms with van der Waals surface area (Å²) < 4.78 is 63.6. The molecule has 1 aliphatic rings. The molecule has 0 heterocycles. The molecule has 0 radical (unpaired) electrons. The molecular weight excluding hydrogens is 404 g/mol. The largest absolute Gasteiger partial charge is 0.506 e. The van der Waals surface area contributed by atoms with Crippen molar-refractivity contribution >= 4 is 0 Å². The van der Waals surface area contributed by atoms with Gasteiger partial charge in [-0.15, -0.1) is 0 Å². The van der Waals surface area contributed by atoms with Gasteiger partial charge in [0.1, 0.15) is 11.5 Å². The smallest absolute Gasteiger partial charge is 0.188 e. The Balaban J connectivity index is 1.42. The minimum absolute atomic E-state index is 0.0617. The lowest BCUT2D eigenvalue weighted by atomic mass is 10.1. The Bertz CT molecular complexity index is 726. The van der Waals surface area contributed by atoms with Crippen molar-refractivity contribution in [2.45, 2.75) is 64.0 Å². The third kappa shape index (κ3) is 7.80. The Labute approximate surface area is 173 Å². The summed E-state index contributed by atoms with van der Waals surface area (Å²) in [6.07, 6.45) is 6.80. The Morgan fingerprint density at radius 1 is 0.800 bits per heavy atom. The topological polar surface area (TPSA) is 58.9 Å². The fourth-order valence-corrected chi connectivity index (χ4v) is 3.08. The number of hydrogen-bond acceptors (Lipinski definition) is 4. The molecule has 168 valence electrons. The molecule has 2 N–H and O–H groups in total. The van der Waals surface area contributed by atoms with Crippen molar-refractivity contribution in [3.05, 3.63) is 47.2 Å². The molecule has 2 rings (SSSR count). The van der Waals surface area contributed by atoms with Gasteiger partial charge in [0, 0.05) is 24.6 Å². The zero-order valence-corrected chi connectivity index (χ0v) is 16.8. The highest BCUT2D eigenvalue weighted by Crippen LogP contribution is 2.27. The maximum absolute atomic E-state index is 13.3. The first-order valence-electron chi connectivity index (χ1n) is 10.3. The average molecular weight is 432 g/mol. The Kier molecular flexibility index (Phi) is 9.83. The van der Waals surface area contributed by atoms with Crippen molar-refractivity contribution in [2.75, 3.05) is 13.2 Å². The van der Waals surface area contributed by atoms with E-state index in [2.05, 4.69) is 0 Å². The Hall–Kier alpha value is -2.38. The van der Waals surface area contributed by atoms with Gasteiger partial charge in [0.2, 0.25) is 0 Å². The summed E-state index contributed by atoms with van der Waals surface area (Å²) in [6.45, 7) is 0.743. The fraction of sp³-hybridized carbons (Fsp3) is 0.545. The number of unbranched alkanes of at least 4 members (excludes halogenated alkanes) is 7. The molecule has 0 saturated carbocycles. The highest BCUT2D eigenvalue weighted by atomic mass is 19.1. The summed E-state index contributed by atoms with van der Waals surface area (Å²) >= 11 is 0. The SMILES string of the molecule is OC1=C(F)C=C(OCCCCCCCCCCOc2cc(F)c(O)c(F)c2)CC1F. The van der Waals surface area contributed by atoms with E-state index in [0.29, 0.717) is 13.2 Å². The third-order valence-electron chi connectivity index (χ3n) is 4.79. The summed E-state index contributed by atoms with van der Waals surface area (Å²) in [5.41, 5.74) is 0. The van der Waals surface area contributed by atoms with E-state index in [-0.39, 0.29) is 17.9 Å². The lowest BCUT2D eigenvalue weighted by Crippen LogP contribution is -2.13. The van der Waals surface area contributed by atoms with Crippen molar-refractivity contribution in [1.29, 1.82) is 0 Å². The molecule has 0 saturated heterocycles. The standard InChI is InChI=1S/C22H28F4O4/c23-17-11-15(12-18(24)21(17)27)29-9-7-5-3-1-2-4-6-8-10-30-16-13-19(25)22(28)20(26)14-16/h11-13,20,27-28H,1-10,14H2. The van der Waals surface area contributed by atoms with E-state index in [9.17, 15) is 17.6 Å². The van der Waals surface area contributed by atoms with Crippen LogP contribution in [0, 0.1) is 11.6 Å². The van der Waals surface area contributed by atoms with Gasteiger partial charge in [0.05, 0.1) is 13.2 Å². The molecule has 1 aromatic rings. The molecule has 1 unspecified atom stereocenters. The lowest BCUT2D eigenvalue weighted by Gasteiger charge is -2.17. The lowest BCUT2D eigenvalue weighted by molar-refractivity contribution is 0.157. The highest BCUT2D eigenvalue weighted by molar-refractivity contribution is 5.33. The minimum atomic E-state index is -1.74. The van der Waals surface area contributed by atoms with Gasteiger partial charge in [-0.3, -0.25) is 0 Å². The quantitative estimate of drug-likeness (QED) is 0.274. The van der Waals surface area contributed by atoms with Crippen LogP contribution in [0.3, 0.4) is 0 Å². The van der Waals surface area contributed by atoms with Crippen LogP contribution < -0.4 is 4.74 Å². The minimum Gasteiger partial charge on any atom is -0.506 e. The van der Waals surface area contributed by atoms with Crippen LogP contribution in [-0.4, -0.2) is 29.6 Å². The number of alkyl halides is 1. The summed E-state index contributed by atoms with van der Waals surface area (Å²) in [7, 11) is 0. The van der Waals surface area contributed by atoms with Crippen molar-refractivity contribution in [3.8, 4) is 11.5 Å². The number of ether oxygens (including phenoxy) is 2. The first kappa shape index (κ1) is 23.9. The molecule has 0 aromatic heterocycles. The molecule has 1 atom stereocenters. The summed E-state index contributed by atoms with van der Waals surface area (Å²) in [4.78, 5) is 0. The van der Waals surface area contributed by atoms with E-state index in [4.69, 9.17) is 19.7 Å². The van der Waals surface area contributed by atoms with Crippen LogP contribution in [0.1, 0.15) is 57.8 Å². The molecule has 1 aromatic carbocycles. The van der Waals surface area contributed by atoms with Gasteiger partial charge >= 0.3 is 0 Å². The molecular formula is C22H28F4O4. The van der Waals surface area contributed by atoms with E-state index in [1.54, 1.807) is 0 Å². The Morgan fingerprint density at radius 3 is 1.83 bits per heavy atom. The van der Waals surface area contributed by atoms with Crippen LogP contribution in [0.5, 0.6) is 11.5 Å². The van der Waals surface area contributed by atoms with Crippen molar-refractivity contribution in [1.82, 2.24) is 0 Å². The maximum atomic E-state index is 13.3. The van der Waals surface area contributed by atoms with E-state index in [1.165, 1.54) is 0 Å². The normalized spacial score (nSPS) is 16.5. The maximum Gasteiger partial charge on any atom is 0.188 e. The molecule has 8 heteroatoms. The van der Waals surface area contributed by atoms with Crippen molar-refractivity contribution in [3.63, 3.8) is 0 Å². The molecule has 30 heavy (non-hydrogen) atoms. The van der Waals surface area contributed by atoms with Gasteiger partial charge in [-0.25, -0.2) is 17.6 Å². The Morgan fingerprint density at radius 2 is 1.30 bits per heavy atom. The van der Waals surface area contributed by atoms with Gasteiger partial charge in [-0.2, -0.15) is 0 Å². The predicted octanol–water partition coefficient (Wildman–Crippen LogP) is 6.55. The average Bonchev–Trinajstić information content (AvgIpc) is 2.70. The molecule has 0 amide bonds. The van der Waals surface area contributed by atoms with E-state index in [1.807, 2.05) is 0 Å². The van der Waals surface area contributed by atoms with Crippen molar-refractivity contribution < 1.29 is 37.2 Å². The van der Waals surface area contributed by atoms with Crippen LogP contribution >= 0.6 is 0 Å². The summed E-state index contributed by atoms with van der Waals surface area (Å²) in [5, 5.41) is 18.1. The number of rotatable bonds is 13. The van der Waals surface area contributed by atoms with Crippen molar-refractivity contribution in [2.24, 2.45) is 0 Å². The zero-order chi connectivity index (χ0) is 21.9. The molecule has 0 spiro atoms. The van der Waals surface area contributed by atoms with E-state index in [0.717, 1.165) is 69.6 Å². The van der Waals surface area contributed by atoms with Gasteiger partial charge in [0.15, 0.2) is 35.1 Å². The van der Waals surface area contributed by atoms with Crippen LogP contribution in [0.4, 0.5) is 17.6 Å². The highest BCUT2D eigenvalue weighted by Gasteiger charge is 2.24. The van der Waals surface area contributed by atoms with Gasteiger partial charge in [0.25, 0.3) is 0 Å². The molecule has 1 aliphatic carbocycles. The molecule has 4 nitrogen and oxygen atoms in total. The third-order valence-corrected chi connectivity index (χ3v) is 4.79. The van der Waals surface area contributed by atoms with Crippen LogP contribution in [-0.2, 0) is 4.74 Å². The van der Waals surface area contributed by atoms with Gasteiger partial charge in [-0.1, -0.05) is 38.5 Å². The fourth-order valence-electron chi connectivity index (χ4n) is 3.08. The molecule has 0 fully saturated rings. The zero-order valence-electron chi connectivity index (χ0n) is 16.8. The molecule has 0 bridgehead atoms. The summed E-state index contributed by atoms with van der Waals surface area (Å²) in [5.74, 6) is -4.64. The number of aromatic hydroxyl groups is 1. The molecule has 0 aliphatic heterocycles.